The summed E-state index contributed by atoms with van der Waals surface area (Å²) in [5.74, 6) is -0.397. The van der Waals surface area contributed by atoms with Gasteiger partial charge < -0.3 is 34.7 Å². The number of ether oxygens (including phenoxy) is 1. The smallest absolute Gasteiger partial charge is 0.276 e. The van der Waals surface area contributed by atoms with E-state index in [1.165, 1.54) is 0 Å². The molecular weight excluding hydrogens is 769 g/mol. The maximum Gasteiger partial charge on any atom is 0.276 e. The zero-order chi connectivity index (χ0) is 42.5. The highest BCUT2D eigenvalue weighted by Gasteiger charge is 2.27. The molecule has 318 valence electrons. The van der Waals surface area contributed by atoms with Gasteiger partial charge in [0, 0.05) is 84.4 Å². The molecule has 6 heterocycles. The van der Waals surface area contributed by atoms with Crippen molar-refractivity contribution in [3.8, 4) is 5.75 Å². The quantitative estimate of drug-likeness (QED) is 0.0838. The summed E-state index contributed by atoms with van der Waals surface area (Å²) in [4.78, 5) is 66.1. The lowest BCUT2D eigenvalue weighted by molar-refractivity contribution is -0.129. The van der Waals surface area contributed by atoms with Gasteiger partial charge in [-0.2, -0.15) is 10.2 Å². The Morgan fingerprint density at radius 1 is 0.850 bits per heavy atom. The first kappa shape index (κ1) is 41.8. The second-order valence-electron chi connectivity index (χ2n) is 15.0. The number of anilines is 2. The van der Waals surface area contributed by atoms with Gasteiger partial charge in [-0.05, 0) is 58.4 Å². The molecule has 19 nitrogen and oxygen atoms in total. The Morgan fingerprint density at radius 2 is 1.47 bits per heavy atom. The number of nitrogens with zero attached hydrogens (tertiary/aromatic N) is 10. The van der Waals surface area contributed by atoms with Crippen LogP contribution in [0.15, 0.2) is 36.4 Å². The Bertz CT molecular complexity index is 2430. The molecule has 4 aromatic heterocycles. The summed E-state index contributed by atoms with van der Waals surface area (Å²) in [5, 5.41) is 18.2. The number of hydrogen-bond donors (Lipinski definition) is 4. The van der Waals surface area contributed by atoms with Crippen molar-refractivity contribution in [2.45, 2.75) is 80.2 Å². The molecule has 19 heteroatoms. The zero-order valence-electron chi connectivity index (χ0n) is 35.0. The minimum atomic E-state index is -0.630. The van der Waals surface area contributed by atoms with Crippen molar-refractivity contribution in [2.75, 3.05) is 56.5 Å². The Hall–Kier alpha value is -6.34. The number of carbonyl (C=O) groups excluding carboxylic acids is 4. The SMILES string of the molecule is CCn1nc(C)cc1C(=O)Nc1nc2c(n1C/C=C/Cn1c(NC(=O)c3cc(C)nn3CC)nc3cc(C(N)=O)cc(OCCCN4CCNCC4)c31)CN(C(C)=O)CC2. The number of imidazole rings is 2. The van der Waals surface area contributed by atoms with Crippen LogP contribution in [-0.2, 0) is 43.9 Å². The van der Waals surface area contributed by atoms with Crippen molar-refractivity contribution in [2.24, 2.45) is 5.73 Å². The van der Waals surface area contributed by atoms with Gasteiger partial charge in [-0.15, -0.1) is 0 Å². The summed E-state index contributed by atoms with van der Waals surface area (Å²) in [6.07, 6.45) is 5.16. The average molecular weight is 823 g/mol. The number of nitrogens with two attached hydrogens (primary N) is 1. The lowest BCUT2D eigenvalue weighted by Gasteiger charge is -2.27. The van der Waals surface area contributed by atoms with Gasteiger partial charge in [0.1, 0.15) is 22.7 Å². The third kappa shape index (κ3) is 9.11. The number of aryl methyl sites for hydroxylation is 4. The van der Waals surface area contributed by atoms with Crippen LogP contribution in [0, 0.1) is 13.8 Å². The standard InChI is InChI=1S/C41H54N14O5/c1-6-54-32(21-26(3)48-54)38(58)46-40-44-30-11-17-51(28(5)56)25-34(30)52(40)15-8-9-16-53-36-31(45-41(53)47-39(59)33-22-27(4)49-55(33)7-2)23-29(37(42)57)24-35(36)60-20-10-14-50-18-12-43-13-19-50/h8-9,21-24,43H,6-7,10-20,25H2,1-5H3,(H2,42,57)(H,44,46,58)(H,45,47,59)/b9-8+. The Morgan fingerprint density at radius 3 is 2.07 bits per heavy atom. The number of carbonyl (C=O) groups is 4. The van der Waals surface area contributed by atoms with Crippen LogP contribution in [0.25, 0.3) is 11.0 Å². The van der Waals surface area contributed by atoms with Crippen LogP contribution in [0.3, 0.4) is 0 Å². The third-order valence-electron chi connectivity index (χ3n) is 10.8. The second kappa shape index (κ2) is 18.3. The molecule has 2 aliphatic heterocycles. The minimum absolute atomic E-state index is 0.0446. The highest BCUT2D eigenvalue weighted by Crippen LogP contribution is 2.32. The number of hydrogen-bond acceptors (Lipinski definition) is 11. The van der Waals surface area contributed by atoms with E-state index >= 15 is 0 Å². The summed E-state index contributed by atoms with van der Waals surface area (Å²) in [6.45, 7) is 16.6. The molecule has 1 saturated heterocycles. The van der Waals surface area contributed by atoms with Gasteiger partial charge in [0.2, 0.25) is 23.7 Å². The second-order valence-corrected chi connectivity index (χ2v) is 15.0. The molecular formula is C41H54N14O5. The van der Waals surface area contributed by atoms with Gasteiger partial charge >= 0.3 is 0 Å². The molecule has 60 heavy (non-hydrogen) atoms. The topological polar surface area (TPSA) is 217 Å². The van der Waals surface area contributed by atoms with Crippen molar-refractivity contribution in [1.29, 1.82) is 0 Å². The van der Waals surface area contributed by atoms with E-state index < -0.39 is 11.8 Å². The molecule has 4 amide bonds. The maximum absolute atomic E-state index is 13.8. The van der Waals surface area contributed by atoms with Gasteiger partial charge in [-0.1, -0.05) is 12.2 Å². The van der Waals surface area contributed by atoms with E-state index in [2.05, 4.69) is 31.0 Å². The van der Waals surface area contributed by atoms with Crippen LogP contribution in [0.5, 0.6) is 5.75 Å². The van der Waals surface area contributed by atoms with Crippen LogP contribution in [0.2, 0.25) is 0 Å². The average Bonchev–Trinajstić information content (AvgIpc) is 4.00. The molecule has 7 rings (SSSR count). The van der Waals surface area contributed by atoms with Crippen LogP contribution in [0.1, 0.15) is 81.3 Å². The van der Waals surface area contributed by atoms with Crippen molar-refractivity contribution >= 4 is 46.6 Å². The van der Waals surface area contributed by atoms with Gasteiger partial charge in [-0.25, -0.2) is 9.97 Å². The number of fused-ring (bicyclic) bond motifs is 2. The van der Waals surface area contributed by atoms with Gasteiger partial charge in [-0.3, -0.25) is 39.2 Å². The van der Waals surface area contributed by atoms with Gasteiger partial charge in [0.15, 0.2) is 0 Å². The molecule has 1 aromatic carbocycles. The molecule has 1 fully saturated rings. The van der Waals surface area contributed by atoms with Crippen LogP contribution in [0.4, 0.5) is 11.9 Å². The number of nitrogens with one attached hydrogen (secondary N) is 3. The number of benzene rings is 1. The van der Waals surface area contributed by atoms with Gasteiger partial charge in [0.25, 0.3) is 11.8 Å². The zero-order valence-corrected chi connectivity index (χ0v) is 35.0. The fourth-order valence-corrected chi connectivity index (χ4v) is 7.76. The number of primary amides is 1. The third-order valence-corrected chi connectivity index (χ3v) is 10.8. The van der Waals surface area contributed by atoms with Crippen LogP contribution >= 0.6 is 0 Å². The molecule has 2 aliphatic rings. The first-order valence-corrected chi connectivity index (χ1v) is 20.5. The molecule has 0 atom stereocenters. The largest absolute Gasteiger partial charge is 0.491 e. The first-order valence-electron chi connectivity index (χ1n) is 20.5. The molecule has 0 spiro atoms. The van der Waals surface area contributed by atoms with E-state index in [1.54, 1.807) is 45.5 Å². The summed E-state index contributed by atoms with van der Waals surface area (Å²) < 4.78 is 13.4. The number of aromatic nitrogens is 8. The molecule has 0 aliphatic carbocycles. The highest BCUT2D eigenvalue weighted by atomic mass is 16.5. The first-order chi connectivity index (χ1) is 28.9. The number of amides is 4. The molecule has 0 unspecified atom stereocenters. The van der Waals surface area contributed by atoms with Crippen molar-refractivity contribution in [3.63, 3.8) is 0 Å². The number of piperazine rings is 1. The molecule has 5 N–H and O–H groups in total. The van der Waals surface area contributed by atoms with E-state index in [0.29, 0.717) is 85.6 Å². The predicted octanol–water partition coefficient (Wildman–Crippen LogP) is 2.72. The number of rotatable bonds is 16. The van der Waals surface area contributed by atoms with Gasteiger partial charge in [0.05, 0.1) is 41.4 Å². The maximum atomic E-state index is 13.8. The summed E-state index contributed by atoms with van der Waals surface area (Å²) in [5.41, 5.74) is 10.9. The monoisotopic (exact) mass is 822 g/mol. The summed E-state index contributed by atoms with van der Waals surface area (Å²) >= 11 is 0. The fourth-order valence-electron chi connectivity index (χ4n) is 7.76. The van der Waals surface area contributed by atoms with Crippen LogP contribution < -0.4 is 26.4 Å². The van der Waals surface area contributed by atoms with E-state index in [0.717, 1.165) is 56.2 Å². The van der Waals surface area contributed by atoms with E-state index in [1.807, 2.05) is 49.0 Å². The number of allylic oxidation sites excluding steroid dienone is 2. The van der Waals surface area contributed by atoms with E-state index in [9.17, 15) is 19.2 Å². The summed E-state index contributed by atoms with van der Waals surface area (Å²) in [6, 6.07) is 6.68. The normalized spacial score (nSPS) is 14.5. The Balaban J connectivity index is 1.21. The Labute approximate surface area is 347 Å². The van der Waals surface area contributed by atoms with Crippen molar-refractivity contribution < 1.29 is 23.9 Å². The lowest BCUT2D eigenvalue weighted by Crippen LogP contribution is -2.43. The Kier molecular flexibility index (Phi) is 12.7. The molecule has 5 aromatic rings. The van der Waals surface area contributed by atoms with E-state index in [4.69, 9.17) is 20.4 Å². The molecule has 0 saturated carbocycles. The minimum Gasteiger partial charge on any atom is -0.491 e. The predicted molar refractivity (Wildman–Crippen MR) is 225 cm³/mol. The molecule has 0 radical (unpaired) electrons. The fraction of sp³-hybridized carbons (Fsp3) is 0.463. The van der Waals surface area contributed by atoms with Crippen molar-refractivity contribution in [1.82, 2.24) is 53.8 Å². The highest BCUT2D eigenvalue weighted by molar-refractivity contribution is 6.04. The van der Waals surface area contributed by atoms with E-state index in [-0.39, 0.29) is 29.9 Å². The van der Waals surface area contributed by atoms with Crippen LogP contribution in [-0.4, -0.2) is 118 Å². The van der Waals surface area contributed by atoms with Crippen molar-refractivity contribution in [3.05, 3.63) is 76.1 Å². The summed E-state index contributed by atoms with van der Waals surface area (Å²) in [7, 11) is 0. The lowest BCUT2D eigenvalue weighted by atomic mass is 10.1. The molecule has 0 bridgehead atoms.